The highest BCUT2D eigenvalue weighted by Crippen LogP contribution is 2.29. The number of aliphatic hydroxyl groups excluding tert-OH is 1. The van der Waals surface area contributed by atoms with Gasteiger partial charge in [-0.1, -0.05) is 0 Å². The lowest BCUT2D eigenvalue weighted by Gasteiger charge is -2.19. The van der Waals surface area contributed by atoms with Crippen LogP contribution >= 0.6 is 0 Å². The predicted molar refractivity (Wildman–Crippen MR) is 52.0 cm³/mol. The Morgan fingerprint density at radius 3 is 3.21 bits per heavy atom. The third-order valence-corrected chi connectivity index (χ3v) is 2.90. The predicted octanol–water partition coefficient (Wildman–Crippen LogP) is 1.52. The Bertz CT molecular complexity index is 303. The Balaban J connectivity index is 2.16. The quantitative estimate of drug-likeness (QED) is 0.797. The van der Waals surface area contributed by atoms with Crippen LogP contribution in [0.15, 0.2) is 10.7 Å². The maximum atomic E-state index is 9.06. The molecule has 0 fully saturated rings. The molecule has 78 valence electrons. The van der Waals surface area contributed by atoms with Crippen LogP contribution in [0.1, 0.15) is 23.3 Å². The smallest absolute Gasteiger partial charge is 0.107 e. The van der Waals surface area contributed by atoms with Crippen molar-refractivity contribution in [2.45, 2.75) is 25.9 Å². The van der Waals surface area contributed by atoms with Gasteiger partial charge in [0.25, 0.3) is 0 Å². The number of hydrogen-bond donors (Lipinski definition) is 1. The lowest BCUT2D eigenvalue weighted by atomic mass is 9.87. The molecule has 1 aromatic heterocycles. The molecule has 3 nitrogen and oxygen atoms in total. The maximum absolute atomic E-state index is 9.06. The molecule has 0 aliphatic heterocycles. The van der Waals surface area contributed by atoms with Crippen molar-refractivity contribution in [3.05, 3.63) is 23.2 Å². The first kappa shape index (κ1) is 9.74. The van der Waals surface area contributed by atoms with Gasteiger partial charge in [-0.25, -0.2) is 0 Å². The Morgan fingerprint density at radius 1 is 1.64 bits per heavy atom. The second kappa shape index (κ2) is 4.15. The number of hydrogen-bond acceptors (Lipinski definition) is 3. The van der Waals surface area contributed by atoms with Crippen molar-refractivity contribution in [1.29, 1.82) is 0 Å². The van der Waals surface area contributed by atoms with Crippen LogP contribution in [-0.2, 0) is 24.2 Å². The largest absolute Gasteiger partial charge is 0.469 e. The van der Waals surface area contributed by atoms with E-state index in [1.807, 2.05) is 0 Å². The van der Waals surface area contributed by atoms with Crippen molar-refractivity contribution in [2.75, 3.05) is 13.7 Å². The minimum absolute atomic E-state index is 0.264. The highest BCUT2D eigenvalue weighted by molar-refractivity contribution is 5.30. The maximum Gasteiger partial charge on any atom is 0.107 e. The minimum Gasteiger partial charge on any atom is -0.469 e. The van der Waals surface area contributed by atoms with E-state index in [9.17, 15) is 0 Å². The molecule has 0 spiro atoms. The van der Waals surface area contributed by atoms with Crippen molar-refractivity contribution in [3.63, 3.8) is 0 Å². The van der Waals surface area contributed by atoms with E-state index in [2.05, 4.69) is 0 Å². The van der Waals surface area contributed by atoms with Gasteiger partial charge in [0, 0.05) is 25.7 Å². The van der Waals surface area contributed by atoms with Gasteiger partial charge >= 0.3 is 0 Å². The Hall–Kier alpha value is -0.800. The van der Waals surface area contributed by atoms with Gasteiger partial charge in [-0.15, -0.1) is 0 Å². The normalized spacial score (nSPS) is 20.9. The third-order valence-electron chi connectivity index (χ3n) is 2.90. The van der Waals surface area contributed by atoms with Gasteiger partial charge < -0.3 is 14.3 Å². The summed E-state index contributed by atoms with van der Waals surface area (Å²) in [7, 11) is 1.69. The molecule has 0 saturated heterocycles. The molecule has 1 unspecified atom stereocenters. The van der Waals surface area contributed by atoms with E-state index in [-0.39, 0.29) is 6.61 Å². The van der Waals surface area contributed by atoms with E-state index >= 15 is 0 Å². The van der Waals surface area contributed by atoms with Crippen LogP contribution in [0, 0.1) is 5.92 Å². The molecule has 1 N–H and O–H groups in total. The molecule has 14 heavy (non-hydrogen) atoms. The van der Waals surface area contributed by atoms with Crippen molar-refractivity contribution < 1.29 is 14.3 Å². The molecular formula is C11H16O3. The summed E-state index contributed by atoms with van der Waals surface area (Å²) in [6, 6.07) is 0. The Labute approximate surface area is 83.7 Å². The first-order chi connectivity index (χ1) is 6.85. The summed E-state index contributed by atoms with van der Waals surface area (Å²) in [5.74, 6) is 1.42. The Kier molecular flexibility index (Phi) is 2.89. The molecule has 0 bridgehead atoms. The van der Waals surface area contributed by atoms with Gasteiger partial charge in [0.2, 0.25) is 0 Å². The fourth-order valence-electron chi connectivity index (χ4n) is 2.08. The molecule has 2 rings (SSSR count). The summed E-state index contributed by atoms with van der Waals surface area (Å²) in [6.07, 6.45) is 4.72. The third kappa shape index (κ3) is 1.70. The van der Waals surface area contributed by atoms with Crippen molar-refractivity contribution in [1.82, 2.24) is 0 Å². The first-order valence-electron chi connectivity index (χ1n) is 5.03. The van der Waals surface area contributed by atoms with E-state index in [0.29, 0.717) is 12.5 Å². The number of methoxy groups -OCH3 is 1. The van der Waals surface area contributed by atoms with Crippen LogP contribution in [0.2, 0.25) is 0 Å². The molecule has 0 amide bonds. The van der Waals surface area contributed by atoms with E-state index < -0.39 is 0 Å². The zero-order valence-corrected chi connectivity index (χ0v) is 8.45. The summed E-state index contributed by atoms with van der Waals surface area (Å²) >= 11 is 0. The number of aliphatic hydroxyl groups is 1. The SMILES string of the molecule is COCc1coc2c1CCC(CO)C2. The molecule has 1 atom stereocenters. The summed E-state index contributed by atoms with van der Waals surface area (Å²) in [4.78, 5) is 0. The molecule has 0 radical (unpaired) electrons. The van der Waals surface area contributed by atoms with Crippen LogP contribution < -0.4 is 0 Å². The number of ether oxygens (including phenoxy) is 1. The van der Waals surface area contributed by atoms with E-state index in [1.54, 1.807) is 13.4 Å². The molecule has 0 saturated carbocycles. The van der Waals surface area contributed by atoms with Gasteiger partial charge in [-0.3, -0.25) is 0 Å². The van der Waals surface area contributed by atoms with Crippen LogP contribution in [0.25, 0.3) is 0 Å². The van der Waals surface area contributed by atoms with Crippen LogP contribution in [0.3, 0.4) is 0 Å². The molecule has 3 heteroatoms. The Morgan fingerprint density at radius 2 is 2.50 bits per heavy atom. The number of rotatable bonds is 3. The zero-order valence-electron chi connectivity index (χ0n) is 8.45. The fraction of sp³-hybridized carbons (Fsp3) is 0.636. The lowest BCUT2D eigenvalue weighted by Crippen LogP contribution is -2.16. The number of furan rings is 1. The first-order valence-corrected chi connectivity index (χ1v) is 5.03. The lowest BCUT2D eigenvalue weighted by molar-refractivity contribution is 0.183. The van der Waals surface area contributed by atoms with Gasteiger partial charge in [-0.05, 0) is 24.3 Å². The average Bonchev–Trinajstić information content (AvgIpc) is 2.61. The van der Waals surface area contributed by atoms with E-state index in [0.717, 1.165) is 25.0 Å². The monoisotopic (exact) mass is 196 g/mol. The minimum atomic E-state index is 0.264. The van der Waals surface area contributed by atoms with Gasteiger partial charge in [0.15, 0.2) is 0 Å². The summed E-state index contributed by atoms with van der Waals surface area (Å²) in [5, 5.41) is 9.06. The van der Waals surface area contributed by atoms with Gasteiger partial charge in [-0.2, -0.15) is 0 Å². The topological polar surface area (TPSA) is 42.6 Å². The van der Waals surface area contributed by atoms with E-state index in [4.69, 9.17) is 14.3 Å². The van der Waals surface area contributed by atoms with Gasteiger partial charge in [0.05, 0.1) is 12.9 Å². The zero-order chi connectivity index (χ0) is 9.97. The molecule has 0 aromatic carbocycles. The molecular weight excluding hydrogens is 180 g/mol. The van der Waals surface area contributed by atoms with Crippen molar-refractivity contribution in [2.24, 2.45) is 5.92 Å². The summed E-state index contributed by atoms with van der Waals surface area (Å²) < 4.78 is 10.6. The van der Waals surface area contributed by atoms with Gasteiger partial charge in [0.1, 0.15) is 5.76 Å². The highest BCUT2D eigenvalue weighted by atomic mass is 16.5. The van der Waals surface area contributed by atoms with Crippen LogP contribution in [-0.4, -0.2) is 18.8 Å². The average molecular weight is 196 g/mol. The molecule has 1 aromatic rings. The van der Waals surface area contributed by atoms with Crippen molar-refractivity contribution in [3.8, 4) is 0 Å². The molecule has 1 heterocycles. The standard InChI is InChI=1S/C11H16O3/c1-13-6-9-7-14-11-4-8(5-12)2-3-10(9)11/h7-8,12H,2-6H2,1H3. The van der Waals surface area contributed by atoms with Crippen LogP contribution in [0.5, 0.6) is 0 Å². The summed E-state index contributed by atoms with van der Waals surface area (Å²) in [5.41, 5.74) is 2.47. The molecule has 1 aliphatic carbocycles. The van der Waals surface area contributed by atoms with E-state index in [1.165, 1.54) is 11.1 Å². The number of fused-ring (bicyclic) bond motifs is 1. The fourth-order valence-corrected chi connectivity index (χ4v) is 2.08. The summed E-state index contributed by atoms with van der Waals surface area (Å²) in [6.45, 7) is 0.891. The van der Waals surface area contributed by atoms with Crippen molar-refractivity contribution >= 4 is 0 Å². The second-order valence-corrected chi connectivity index (χ2v) is 3.89. The highest BCUT2D eigenvalue weighted by Gasteiger charge is 2.23. The molecule has 1 aliphatic rings. The second-order valence-electron chi connectivity index (χ2n) is 3.89. The van der Waals surface area contributed by atoms with Crippen LogP contribution in [0.4, 0.5) is 0 Å².